The van der Waals surface area contributed by atoms with E-state index in [1.54, 1.807) is 42.5 Å². The summed E-state index contributed by atoms with van der Waals surface area (Å²) in [6, 6.07) is 26.6. The number of hydrogen-bond acceptors (Lipinski definition) is 8. The lowest BCUT2D eigenvalue weighted by atomic mass is 9.84. The highest BCUT2D eigenvalue weighted by Crippen LogP contribution is 2.28. The summed E-state index contributed by atoms with van der Waals surface area (Å²) in [5.41, 5.74) is 5.21. The van der Waals surface area contributed by atoms with Gasteiger partial charge in [0.25, 0.3) is 11.8 Å². The molecule has 3 amide bonds. The number of alkyl halides is 3. The van der Waals surface area contributed by atoms with Gasteiger partial charge in [0.05, 0.1) is 22.9 Å². The van der Waals surface area contributed by atoms with Gasteiger partial charge in [-0.3, -0.25) is 19.4 Å². The Labute approximate surface area is 283 Å². The maximum Gasteiger partial charge on any atom is 0.493 e. The number of piperidine rings is 1. The van der Waals surface area contributed by atoms with E-state index in [-0.39, 0.29) is 31.8 Å². The van der Waals surface area contributed by atoms with E-state index in [1.807, 2.05) is 49.4 Å². The monoisotopic (exact) mass is 685 g/mol. The van der Waals surface area contributed by atoms with Gasteiger partial charge >= 0.3 is 12.1 Å². The Morgan fingerprint density at radius 1 is 0.860 bits per heavy atom. The quantitative estimate of drug-likeness (QED) is 0.214. The molecular formula is C36H30F3N5O6. The molecule has 2 atom stereocenters. The summed E-state index contributed by atoms with van der Waals surface area (Å²) in [6.07, 6.45) is -5.38. The third-order valence-electron chi connectivity index (χ3n) is 8.31. The van der Waals surface area contributed by atoms with Crippen LogP contribution in [-0.4, -0.2) is 57.8 Å². The Hall–Kier alpha value is -6.05. The average molecular weight is 686 g/mol. The number of nitrogens with zero attached hydrogens (tertiary/aromatic N) is 3. The third-order valence-corrected chi connectivity index (χ3v) is 8.31. The molecule has 1 fully saturated rings. The molecule has 3 aromatic carbocycles. The minimum atomic E-state index is -5.36. The largest absolute Gasteiger partial charge is 0.493 e. The third kappa shape index (κ3) is 7.64. The van der Waals surface area contributed by atoms with Crippen LogP contribution in [0.25, 0.3) is 21.8 Å². The number of aromatic nitrogens is 2. The van der Waals surface area contributed by atoms with E-state index in [1.165, 1.54) is 16.4 Å². The molecule has 1 unspecified atom stereocenters. The number of ether oxygens (including phenoxy) is 1. The molecule has 0 spiro atoms. The van der Waals surface area contributed by atoms with E-state index in [0.717, 1.165) is 27.5 Å². The summed E-state index contributed by atoms with van der Waals surface area (Å²) in [5, 5.41) is 4.50. The molecule has 0 bridgehead atoms. The van der Waals surface area contributed by atoms with Gasteiger partial charge in [0.2, 0.25) is 5.91 Å². The van der Waals surface area contributed by atoms with Crippen molar-refractivity contribution in [3.63, 3.8) is 0 Å². The van der Waals surface area contributed by atoms with Crippen LogP contribution in [0.1, 0.15) is 28.2 Å². The van der Waals surface area contributed by atoms with Crippen molar-refractivity contribution in [1.82, 2.24) is 20.3 Å². The first kappa shape index (κ1) is 33.8. The van der Waals surface area contributed by atoms with Gasteiger partial charge in [-0.05, 0) is 61.9 Å². The first-order chi connectivity index (χ1) is 24.0. The van der Waals surface area contributed by atoms with Gasteiger partial charge in [-0.15, -0.1) is 0 Å². The number of carbonyl (C=O) groups is 4. The van der Waals surface area contributed by atoms with Crippen molar-refractivity contribution >= 4 is 51.2 Å². The van der Waals surface area contributed by atoms with Crippen LogP contribution in [0.5, 0.6) is 5.75 Å². The summed E-state index contributed by atoms with van der Waals surface area (Å²) < 4.78 is 44.2. The molecule has 2 N–H and O–H groups in total. The van der Waals surface area contributed by atoms with Crippen molar-refractivity contribution in [2.24, 2.45) is 11.8 Å². The van der Waals surface area contributed by atoms with Crippen LogP contribution < -0.4 is 15.5 Å². The van der Waals surface area contributed by atoms with Gasteiger partial charge in [-0.25, -0.2) is 9.78 Å². The van der Waals surface area contributed by atoms with Crippen LogP contribution in [0.15, 0.2) is 91.0 Å². The van der Waals surface area contributed by atoms with E-state index in [0.29, 0.717) is 17.0 Å². The number of amides is 3. The predicted molar refractivity (Wildman–Crippen MR) is 175 cm³/mol. The average Bonchev–Trinajstić information content (AvgIpc) is 3.12. The zero-order chi connectivity index (χ0) is 35.4. The summed E-state index contributed by atoms with van der Waals surface area (Å²) in [6.45, 7) is 1.88. The zero-order valence-electron chi connectivity index (χ0n) is 26.6. The summed E-state index contributed by atoms with van der Waals surface area (Å²) in [7, 11) is 0. The minimum absolute atomic E-state index is 0.0169. The van der Waals surface area contributed by atoms with E-state index in [4.69, 9.17) is 4.74 Å². The number of benzene rings is 3. The molecule has 0 saturated carbocycles. The van der Waals surface area contributed by atoms with Crippen molar-refractivity contribution in [3.8, 4) is 5.75 Å². The second-order valence-corrected chi connectivity index (χ2v) is 11.7. The fraction of sp³-hybridized carbons (Fsp3) is 0.222. The molecule has 0 radical (unpaired) electrons. The first-order valence-corrected chi connectivity index (χ1v) is 15.6. The fourth-order valence-electron chi connectivity index (χ4n) is 5.84. The Bertz CT molecular complexity index is 2090. The normalized spacial score (nSPS) is 16.1. The van der Waals surface area contributed by atoms with Gasteiger partial charge < -0.3 is 19.8 Å². The first-order valence-electron chi connectivity index (χ1n) is 15.6. The van der Waals surface area contributed by atoms with Gasteiger partial charge in [0.15, 0.2) is 0 Å². The predicted octanol–water partition coefficient (Wildman–Crippen LogP) is 5.52. The summed E-state index contributed by atoms with van der Waals surface area (Å²) >= 11 is 0. The highest BCUT2D eigenvalue weighted by Gasteiger charge is 2.44. The van der Waals surface area contributed by atoms with Crippen molar-refractivity contribution in [2.75, 3.05) is 18.4 Å². The molecule has 3 heterocycles. The van der Waals surface area contributed by atoms with Crippen LogP contribution in [0.3, 0.4) is 0 Å². The second-order valence-electron chi connectivity index (χ2n) is 11.7. The Kier molecular flexibility index (Phi) is 9.61. The van der Waals surface area contributed by atoms with Gasteiger partial charge in [-0.1, -0.05) is 42.5 Å². The lowest BCUT2D eigenvalue weighted by Crippen LogP contribution is -2.53. The fourth-order valence-corrected chi connectivity index (χ4v) is 5.84. The second kappa shape index (κ2) is 14.2. The minimum Gasteiger partial charge on any atom is -0.489 e. The highest BCUT2D eigenvalue weighted by atomic mass is 19.4. The number of anilines is 1. The van der Waals surface area contributed by atoms with Gasteiger partial charge in [0.1, 0.15) is 18.1 Å². The van der Waals surface area contributed by atoms with Crippen LogP contribution >= 0.6 is 0 Å². The number of para-hydroxylation sites is 2. The van der Waals surface area contributed by atoms with E-state index >= 15 is 0 Å². The number of carbonyl (C=O) groups excluding carboxylic acids is 4. The molecule has 6 rings (SSSR count). The maximum absolute atomic E-state index is 13.5. The molecule has 2 aromatic heterocycles. The van der Waals surface area contributed by atoms with E-state index in [2.05, 4.69) is 20.1 Å². The molecule has 0 aliphatic carbocycles. The number of likely N-dealkylation sites (tertiary alicyclic amines) is 1. The zero-order valence-corrected chi connectivity index (χ0v) is 26.6. The topological polar surface area (TPSA) is 140 Å². The van der Waals surface area contributed by atoms with Crippen molar-refractivity contribution in [3.05, 3.63) is 108 Å². The molecule has 50 heavy (non-hydrogen) atoms. The number of hydroxylamine groups is 1. The van der Waals surface area contributed by atoms with Gasteiger partial charge in [-0.2, -0.15) is 18.7 Å². The molecule has 11 nitrogen and oxygen atoms in total. The highest BCUT2D eigenvalue weighted by molar-refractivity contribution is 5.98. The molecular weight excluding hydrogens is 655 g/mol. The van der Waals surface area contributed by atoms with Crippen LogP contribution in [0.4, 0.5) is 18.9 Å². The number of nitrogens with one attached hydrogen (secondary N) is 2. The lowest BCUT2D eigenvalue weighted by Gasteiger charge is -2.36. The number of hydrogen-bond donors (Lipinski definition) is 2. The van der Waals surface area contributed by atoms with Crippen LogP contribution in [0, 0.1) is 18.8 Å². The number of fused-ring (bicyclic) bond motifs is 2. The summed E-state index contributed by atoms with van der Waals surface area (Å²) in [5.74, 6) is -6.89. The van der Waals surface area contributed by atoms with Crippen molar-refractivity contribution in [1.29, 1.82) is 0 Å². The number of pyridine rings is 2. The lowest BCUT2D eigenvalue weighted by molar-refractivity contribution is -0.208. The SMILES string of the molecule is Cc1cc(COc2ccc(NC(=O)C3CCN(C(=O)c4ccc5ccccc5n4)C[C@@H]3C(=O)NOC(=O)C(F)(F)F)cc2)c2ccccc2n1. The Morgan fingerprint density at radius 2 is 1.58 bits per heavy atom. The van der Waals surface area contributed by atoms with Gasteiger partial charge in [0, 0.05) is 40.8 Å². The van der Waals surface area contributed by atoms with Crippen molar-refractivity contribution < 1.29 is 41.9 Å². The number of aryl methyl sites for hydroxylation is 1. The Balaban J connectivity index is 1.14. The molecule has 1 saturated heterocycles. The smallest absolute Gasteiger partial charge is 0.489 e. The van der Waals surface area contributed by atoms with Crippen LogP contribution in [0.2, 0.25) is 0 Å². The molecule has 256 valence electrons. The summed E-state index contributed by atoms with van der Waals surface area (Å²) in [4.78, 5) is 65.5. The van der Waals surface area contributed by atoms with E-state index < -0.39 is 41.7 Å². The Morgan fingerprint density at radius 3 is 2.34 bits per heavy atom. The molecule has 5 aromatic rings. The van der Waals surface area contributed by atoms with Crippen LogP contribution in [-0.2, 0) is 25.8 Å². The molecule has 1 aliphatic heterocycles. The molecule has 1 aliphatic rings. The molecule has 14 heteroatoms. The number of rotatable bonds is 7. The van der Waals surface area contributed by atoms with E-state index in [9.17, 15) is 32.3 Å². The standard InChI is InChI=1S/C36H30F3N5O6/c1-21-18-23(26-7-3-5-9-30(26)40-21)20-49-25-13-11-24(12-14-25)41-32(45)27-16-17-44(19-28(27)33(46)43-50-35(48)36(37,38)39)34(47)31-15-10-22-6-2-4-8-29(22)42-31/h2-15,18,27-28H,16-17,19-20H2,1H3,(H,41,45)(H,43,46)/t27?,28-/m0/s1. The van der Waals surface area contributed by atoms with Crippen molar-refractivity contribution in [2.45, 2.75) is 26.1 Å². The maximum atomic E-state index is 13.5. The number of halogens is 3.